The number of aromatic carboxylic acids is 1. The topological polar surface area (TPSA) is 106 Å². The van der Waals surface area contributed by atoms with Gasteiger partial charge in [-0.05, 0) is 19.1 Å². The number of halogens is 1. The molecule has 0 saturated carbocycles. The Hall–Kier alpha value is -2.90. The SMILES string of the molecule is Cc1oc(CNc2ccc([N+](=O)[O-])cc2F)cc1C(=O)O. The van der Waals surface area contributed by atoms with Crippen molar-refractivity contribution < 1.29 is 23.6 Å². The average molecular weight is 294 g/mol. The Morgan fingerprint density at radius 2 is 2.19 bits per heavy atom. The van der Waals surface area contributed by atoms with Gasteiger partial charge in [0.2, 0.25) is 0 Å². The Morgan fingerprint density at radius 1 is 1.48 bits per heavy atom. The maximum atomic E-state index is 13.6. The van der Waals surface area contributed by atoms with E-state index in [2.05, 4.69) is 5.32 Å². The monoisotopic (exact) mass is 294 g/mol. The lowest BCUT2D eigenvalue weighted by atomic mass is 10.2. The zero-order valence-corrected chi connectivity index (χ0v) is 10.9. The molecule has 1 aromatic heterocycles. The van der Waals surface area contributed by atoms with Crippen molar-refractivity contribution in [2.75, 3.05) is 5.32 Å². The van der Waals surface area contributed by atoms with Crippen LogP contribution < -0.4 is 5.32 Å². The van der Waals surface area contributed by atoms with Crippen LogP contribution in [0.15, 0.2) is 28.7 Å². The number of nitro groups is 1. The number of aryl methyl sites for hydroxylation is 1. The van der Waals surface area contributed by atoms with Crippen molar-refractivity contribution >= 4 is 17.3 Å². The number of carbonyl (C=O) groups is 1. The molecule has 0 fully saturated rings. The second-order valence-electron chi connectivity index (χ2n) is 4.26. The maximum absolute atomic E-state index is 13.6. The molecule has 0 aliphatic heterocycles. The summed E-state index contributed by atoms with van der Waals surface area (Å²) in [5.41, 5.74) is -0.248. The van der Waals surface area contributed by atoms with Gasteiger partial charge in [0.15, 0.2) is 5.82 Å². The molecule has 1 aromatic carbocycles. The highest BCUT2D eigenvalue weighted by atomic mass is 19.1. The van der Waals surface area contributed by atoms with E-state index in [0.29, 0.717) is 5.76 Å². The zero-order valence-electron chi connectivity index (χ0n) is 10.9. The lowest BCUT2D eigenvalue weighted by molar-refractivity contribution is -0.385. The lowest BCUT2D eigenvalue weighted by Gasteiger charge is -2.05. The predicted octanol–water partition coefficient (Wildman–Crippen LogP) is 2.95. The fraction of sp³-hybridized carbons (Fsp3) is 0.154. The summed E-state index contributed by atoms with van der Waals surface area (Å²) in [6.07, 6.45) is 0. The summed E-state index contributed by atoms with van der Waals surface area (Å²) in [6, 6.07) is 4.55. The summed E-state index contributed by atoms with van der Waals surface area (Å²) >= 11 is 0. The molecular weight excluding hydrogens is 283 g/mol. The molecule has 0 amide bonds. The average Bonchev–Trinajstić information content (AvgIpc) is 2.78. The molecule has 0 radical (unpaired) electrons. The number of rotatable bonds is 5. The van der Waals surface area contributed by atoms with Crippen LogP contribution in [-0.4, -0.2) is 16.0 Å². The highest BCUT2D eigenvalue weighted by Crippen LogP contribution is 2.22. The molecule has 0 aliphatic rings. The standard InChI is InChI=1S/C13H11FN2O5/c1-7-10(13(17)18)5-9(21-7)6-15-12-3-2-8(16(19)20)4-11(12)14/h2-5,15H,6H2,1H3,(H,17,18). The summed E-state index contributed by atoms with van der Waals surface area (Å²) in [5, 5.41) is 22.1. The van der Waals surface area contributed by atoms with Crippen molar-refractivity contribution in [3.05, 3.63) is 57.3 Å². The van der Waals surface area contributed by atoms with E-state index in [-0.39, 0.29) is 29.2 Å². The largest absolute Gasteiger partial charge is 0.478 e. The van der Waals surface area contributed by atoms with Gasteiger partial charge in [-0.2, -0.15) is 0 Å². The lowest BCUT2D eigenvalue weighted by Crippen LogP contribution is -2.01. The number of non-ortho nitro benzene ring substituents is 1. The molecule has 7 nitrogen and oxygen atoms in total. The molecule has 110 valence electrons. The minimum absolute atomic E-state index is 0.0379. The van der Waals surface area contributed by atoms with Crippen LogP contribution in [0.2, 0.25) is 0 Å². The van der Waals surface area contributed by atoms with E-state index in [1.165, 1.54) is 25.1 Å². The molecule has 21 heavy (non-hydrogen) atoms. The predicted molar refractivity (Wildman–Crippen MR) is 70.8 cm³/mol. The number of hydrogen-bond acceptors (Lipinski definition) is 5. The first-order chi connectivity index (χ1) is 9.88. The number of hydrogen-bond donors (Lipinski definition) is 2. The minimum Gasteiger partial charge on any atom is -0.478 e. The molecule has 0 aliphatic carbocycles. The third-order valence-electron chi connectivity index (χ3n) is 2.82. The molecule has 0 saturated heterocycles. The van der Waals surface area contributed by atoms with E-state index < -0.39 is 16.7 Å². The van der Waals surface area contributed by atoms with Gasteiger partial charge >= 0.3 is 5.97 Å². The van der Waals surface area contributed by atoms with Gasteiger partial charge in [0.1, 0.15) is 17.1 Å². The van der Waals surface area contributed by atoms with Crippen LogP contribution in [0.1, 0.15) is 21.9 Å². The Morgan fingerprint density at radius 3 is 2.71 bits per heavy atom. The van der Waals surface area contributed by atoms with Crippen LogP contribution in [0, 0.1) is 22.9 Å². The van der Waals surface area contributed by atoms with Gasteiger partial charge < -0.3 is 14.8 Å². The van der Waals surface area contributed by atoms with Crippen molar-refractivity contribution in [2.24, 2.45) is 0 Å². The van der Waals surface area contributed by atoms with Crippen LogP contribution >= 0.6 is 0 Å². The van der Waals surface area contributed by atoms with Gasteiger partial charge in [-0.3, -0.25) is 10.1 Å². The smallest absolute Gasteiger partial charge is 0.339 e. The normalized spacial score (nSPS) is 10.4. The first kappa shape index (κ1) is 14.5. The molecule has 0 unspecified atom stereocenters. The Bertz CT molecular complexity index is 711. The number of nitrogens with zero attached hydrogens (tertiary/aromatic N) is 1. The highest BCUT2D eigenvalue weighted by molar-refractivity contribution is 5.88. The second kappa shape index (κ2) is 5.61. The maximum Gasteiger partial charge on any atom is 0.339 e. The van der Waals surface area contributed by atoms with Crippen molar-refractivity contribution in [3.8, 4) is 0 Å². The van der Waals surface area contributed by atoms with Crippen molar-refractivity contribution in [1.82, 2.24) is 0 Å². The van der Waals surface area contributed by atoms with Crippen LogP contribution in [0.4, 0.5) is 15.8 Å². The molecule has 0 bridgehead atoms. The van der Waals surface area contributed by atoms with Crippen LogP contribution in [-0.2, 0) is 6.54 Å². The minimum atomic E-state index is -1.11. The number of nitrogens with one attached hydrogen (secondary N) is 1. The number of anilines is 1. The molecule has 0 atom stereocenters. The third kappa shape index (κ3) is 3.16. The fourth-order valence-electron chi connectivity index (χ4n) is 1.79. The van der Waals surface area contributed by atoms with Crippen LogP contribution in [0.25, 0.3) is 0 Å². The third-order valence-corrected chi connectivity index (χ3v) is 2.82. The number of nitro benzene ring substituents is 1. The van der Waals surface area contributed by atoms with E-state index in [0.717, 1.165) is 6.07 Å². The summed E-state index contributed by atoms with van der Waals surface area (Å²) in [6.45, 7) is 1.57. The van der Waals surface area contributed by atoms with Crippen molar-refractivity contribution in [3.63, 3.8) is 0 Å². The molecule has 0 spiro atoms. The van der Waals surface area contributed by atoms with Crippen molar-refractivity contribution in [2.45, 2.75) is 13.5 Å². The zero-order chi connectivity index (χ0) is 15.6. The summed E-state index contributed by atoms with van der Waals surface area (Å²) in [4.78, 5) is 20.7. The quantitative estimate of drug-likeness (QED) is 0.648. The molecule has 8 heteroatoms. The van der Waals surface area contributed by atoms with Crippen molar-refractivity contribution in [1.29, 1.82) is 0 Å². The Kier molecular flexibility index (Phi) is 3.88. The van der Waals surface area contributed by atoms with E-state index in [4.69, 9.17) is 9.52 Å². The van der Waals surface area contributed by atoms with E-state index in [1.54, 1.807) is 0 Å². The Labute approximate surface area is 118 Å². The van der Waals surface area contributed by atoms with E-state index in [9.17, 15) is 19.3 Å². The highest BCUT2D eigenvalue weighted by Gasteiger charge is 2.14. The summed E-state index contributed by atoms with van der Waals surface area (Å²) in [5.74, 6) is -1.30. The molecule has 2 aromatic rings. The summed E-state index contributed by atoms with van der Waals surface area (Å²) < 4.78 is 18.9. The van der Waals surface area contributed by atoms with Gasteiger partial charge in [-0.25, -0.2) is 9.18 Å². The first-order valence-corrected chi connectivity index (χ1v) is 5.89. The van der Waals surface area contributed by atoms with Crippen LogP contribution in [0.3, 0.4) is 0 Å². The molecule has 1 heterocycles. The van der Waals surface area contributed by atoms with E-state index >= 15 is 0 Å². The number of benzene rings is 1. The van der Waals surface area contributed by atoms with Gasteiger partial charge in [0.05, 0.1) is 23.2 Å². The first-order valence-electron chi connectivity index (χ1n) is 5.89. The Balaban J connectivity index is 2.11. The van der Waals surface area contributed by atoms with Crippen LogP contribution in [0.5, 0.6) is 0 Å². The van der Waals surface area contributed by atoms with Gasteiger partial charge in [0, 0.05) is 6.07 Å². The molecular formula is C13H11FN2O5. The fourth-order valence-corrected chi connectivity index (χ4v) is 1.79. The van der Waals surface area contributed by atoms with Gasteiger partial charge in [-0.15, -0.1) is 0 Å². The number of carboxylic acid groups (broad SMARTS) is 1. The number of furan rings is 1. The van der Waals surface area contributed by atoms with Gasteiger partial charge in [-0.1, -0.05) is 0 Å². The second-order valence-corrected chi connectivity index (χ2v) is 4.26. The van der Waals surface area contributed by atoms with E-state index in [1.807, 2.05) is 0 Å². The molecule has 2 rings (SSSR count). The molecule has 2 N–H and O–H groups in total. The summed E-state index contributed by atoms with van der Waals surface area (Å²) in [7, 11) is 0. The number of carboxylic acids is 1. The van der Waals surface area contributed by atoms with Gasteiger partial charge in [0.25, 0.3) is 5.69 Å².